The topological polar surface area (TPSA) is 43.8 Å². The normalized spacial score (nSPS) is 10.5. The quantitative estimate of drug-likeness (QED) is 0.811. The second-order valence-corrected chi connectivity index (χ2v) is 3.53. The zero-order chi connectivity index (χ0) is 10.8. The summed E-state index contributed by atoms with van der Waals surface area (Å²) >= 11 is 0. The molecule has 0 saturated carbocycles. The molecule has 0 amide bonds. The highest BCUT2D eigenvalue weighted by atomic mass is 15.3. The lowest BCUT2D eigenvalue weighted by Gasteiger charge is -1.96. The van der Waals surface area contributed by atoms with E-state index < -0.39 is 0 Å². The van der Waals surface area contributed by atoms with Gasteiger partial charge in [0.15, 0.2) is 0 Å². The predicted molar refractivity (Wildman–Crippen MR) is 62.5 cm³/mol. The van der Waals surface area contributed by atoms with Crippen LogP contribution in [0.4, 0.5) is 5.69 Å². The molecule has 0 radical (unpaired) electrons. The van der Waals surface area contributed by atoms with Gasteiger partial charge in [-0.2, -0.15) is 5.10 Å². The summed E-state index contributed by atoms with van der Waals surface area (Å²) in [6.45, 7) is 4.91. The Balaban J connectivity index is 2.55. The molecule has 0 saturated heterocycles. The van der Waals surface area contributed by atoms with Gasteiger partial charge in [0.05, 0.1) is 11.4 Å². The lowest BCUT2D eigenvalue weighted by molar-refractivity contribution is 0.642. The van der Waals surface area contributed by atoms with Crippen molar-refractivity contribution >= 4 is 5.69 Å². The first-order valence-corrected chi connectivity index (χ1v) is 5.12. The highest BCUT2D eigenvalue weighted by molar-refractivity contribution is 5.74. The lowest BCUT2D eigenvalue weighted by Crippen LogP contribution is -1.99. The van der Waals surface area contributed by atoms with Crippen molar-refractivity contribution in [3.05, 3.63) is 36.0 Å². The molecule has 1 aromatic heterocycles. The Morgan fingerprint density at radius 3 is 2.47 bits per heavy atom. The van der Waals surface area contributed by atoms with Crippen LogP contribution >= 0.6 is 0 Å². The van der Waals surface area contributed by atoms with E-state index in [1.807, 2.05) is 41.9 Å². The van der Waals surface area contributed by atoms with E-state index >= 15 is 0 Å². The maximum Gasteiger partial charge on any atom is 0.115 e. The molecule has 3 nitrogen and oxygen atoms in total. The van der Waals surface area contributed by atoms with E-state index in [4.69, 9.17) is 5.73 Å². The summed E-state index contributed by atoms with van der Waals surface area (Å²) < 4.78 is 1.93. The second-order valence-electron chi connectivity index (χ2n) is 3.53. The number of benzene rings is 1. The first-order valence-electron chi connectivity index (χ1n) is 5.12. The molecule has 0 fully saturated rings. The summed E-state index contributed by atoms with van der Waals surface area (Å²) in [7, 11) is 0. The number of nitrogens with two attached hydrogens (primary N) is 1. The minimum atomic E-state index is 0.781. The van der Waals surface area contributed by atoms with Crippen molar-refractivity contribution in [3.8, 4) is 11.3 Å². The molecule has 0 atom stereocenters. The van der Waals surface area contributed by atoms with Crippen molar-refractivity contribution in [2.45, 2.75) is 20.4 Å². The van der Waals surface area contributed by atoms with Crippen molar-refractivity contribution in [2.24, 2.45) is 0 Å². The van der Waals surface area contributed by atoms with Crippen molar-refractivity contribution in [1.29, 1.82) is 0 Å². The summed E-state index contributed by atoms with van der Waals surface area (Å²) in [4.78, 5) is 0. The molecule has 0 aliphatic carbocycles. The van der Waals surface area contributed by atoms with E-state index in [-0.39, 0.29) is 0 Å². The Bertz CT molecular complexity index is 457. The van der Waals surface area contributed by atoms with E-state index in [9.17, 15) is 0 Å². The molecule has 78 valence electrons. The monoisotopic (exact) mass is 201 g/mol. The van der Waals surface area contributed by atoms with Crippen molar-refractivity contribution in [3.63, 3.8) is 0 Å². The molecule has 0 aliphatic heterocycles. The van der Waals surface area contributed by atoms with E-state index in [0.29, 0.717) is 0 Å². The molecule has 0 spiro atoms. The summed E-state index contributed by atoms with van der Waals surface area (Å²) in [5.41, 5.74) is 9.81. The number of nitrogen functional groups attached to an aromatic ring is 1. The van der Waals surface area contributed by atoms with Gasteiger partial charge in [0.25, 0.3) is 0 Å². The van der Waals surface area contributed by atoms with Gasteiger partial charge in [0, 0.05) is 12.1 Å². The van der Waals surface area contributed by atoms with E-state index in [2.05, 4.69) is 12.0 Å². The van der Waals surface area contributed by atoms with Gasteiger partial charge < -0.3 is 5.73 Å². The molecule has 3 heteroatoms. The van der Waals surface area contributed by atoms with Gasteiger partial charge in [0.2, 0.25) is 0 Å². The smallest absolute Gasteiger partial charge is 0.115 e. The third-order valence-corrected chi connectivity index (χ3v) is 2.60. The summed E-state index contributed by atoms with van der Waals surface area (Å²) in [6, 6.07) is 10.0. The van der Waals surface area contributed by atoms with Crippen molar-refractivity contribution < 1.29 is 0 Å². The molecule has 1 heterocycles. The molecule has 0 unspecified atom stereocenters. The molecule has 2 N–H and O–H groups in total. The van der Waals surface area contributed by atoms with Crippen LogP contribution in [0.15, 0.2) is 30.3 Å². The number of aromatic nitrogens is 2. The zero-order valence-corrected chi connectivity index (χ0v) is 9.07. The fourth-order valence-corrected chi connectivity index (χ4v) is 1.68. The van der Waals surface area contributed by atoms with Crippen LogP contribution in [0.1, 0.15) is 12.6 Å². The van der Waals surface area contributed by atoms with Crippen LogP contribution in [0, 0.1) is 6.92 Å². The molecule has 15 heavy (non-hydrogen) atoms. The van der Waals surface area contributed by atoms with E-state index in [0.717, 1.165) is 29.2 Å². The first kappa shape index (κ1) is 9.77. The average molecular weight is 201 g/mol. The number of hydrogen-bond acceptors (Lipinski definition) is 2. The molecule has 2 aromatic rings. The van der Waals surface area contributed by atoms with E-state index in [1.54, 1.807) is 0 Å². The highest BCUT2D eigenvalue weighted by Crippen LogP contribution is 2.26. The van der Waals surface area contributed by atoms with Crippen LogP contribution in [-0.2, 0) is 6.54 Å². The Labute approximate surface area is 89.5 Å². The van der Waals surface area contributed by atoms with Crippen LogP contribution in [0.25, 0.3) is 11.3 Å². The minimum Gasteiger partial charge on any atom is -0.395 e. The van der Waals surface area contributed by atoms with Crippen molar-refractivity contribution in [2.75, 3.05) is 5.73 Å². The Morgan fingerprint density at radius 1 is 1.27 bits per heavy atom. The predicted octanol–water partition coefficient (Wildman–Crippen LogP) is 2.46. The van der Waals surface area contributed by atoms with E-state index in [1.165, 1.54) is 0 Å². The first-order chi connectivity index (χ1) is 7.24. The van der Waals surface area contributed by atoms with Crippen LogP contribution < -0.4 is 5.73 Å². The average Bonchev–Trinajstić information content (AvgIpc) is 2.57. The molecule has 1 aromatic carbocycles. The summed E-state index contributed by atoms with van der Waals surface area (Å²) in [5, 5.41) is 4.49. The molecule has 0 aliphatic rings. The molecule has 0 bridgehead atoms. The number of aryl methyl sites for hydroxylation is 1. The fraction of sp³-hybridized carbons (Fsp3) is 0.250. The summed E-state index contributed by atoms with van der Waals surface area (Å²) in [6.07, 6.45) is 0. The van der Waals surface area contributed by atoms with Gasteiger partial charge in [-0.3, -0.25) is 4.68 Å². The number of rotatable bonds is 2. The highest BCUT2D eigenvalue weighted by Gasteiger charge is 2.11. The van der Waals surface area contributed by atoms with Gasteiger partial charge in [0.1, 0.15) is 5.69 Å². The number of hydrogen-bond donors (Lipinski definition) is 1. The minimum absolute atomic E-state index is 0.781. The second kappa shape index (κ2) is 3.77. The standard InChI is InChI=1S/C12H15N3/c1-3-15-9(2)11(13)12(14-15)10-7-5-4-6-8-10/h4-8H,3,13H2,1-2H3. The van der Waals surface area contributed by atoms with Gasteiger partial charge in [-0.1, -0.05) is 30.3 Å². The van der Waals surface area contributed by atoms with Gasteiger partial charge in [-0.15, -0.1) is 0 Å². The molecular formula is C12H15N3. The lowest BCUT2D eigenvalue weighted by atomic mass is 10.1. The summed E-state index contributed by atoms with van der Waals surface area (Å²) in [5.74, 6) is 0. The van der Waals surface area contributed by atoms with Gasteiger partial charge in [-0.25, -0.2) is 0 Å². The van der Waals surface area contributed by atoms with Crippen LogP contribution in [0.2, 0.25) is 0 Å². The van der Waals surface area contributed by atoms with Crippen molar-refractivity contribution in [1.82, 2.24) is 9.78 Å². The fourth-order valence-electron chi connectivity index (χ4n) is 1.68. The number of nitrogens with zero attached hydrogens (tertiary/aromatic N) is 2. The Hall–Kier alpha value is -1.77. The number of anilines is 1. The largest absolute Gasteiger partial charge is 0.395 e. The maximum absolute atomic E-state index is 6.03. The molecule has 2 rings (SSSR count). The van der Waals surface area contributed by atoms with Crippen LogP contribution in [0.5, 0.6) is 0 Å². The third kappa shape index (κ3) is 1.61. The third-order valence-electron chi connectivity index (χ3n) is 2.60. The SMILES string of the molecule is CCn1nc(-c2ccccc2)c(N)c1C. The Morgan fingerprint density at radius 2 is 1.93 bits per heavy atom. The Kier molecular flexibility index (Phi) is 2.46. The maximum atomic E-state index is 6.03. The zero-order valence-electron chi connectivity index (χ0n) is 9.07. The van der Waals surface area contributed by atoms with Crippen LogP contribution in [-0.4, -0.2) is 9.78 Å². The van der Waals surface area contributed by atoms with Crippen LogP contribution in [0.3, 0.4) is 0 Å². The van der Waals surface area contributed by atoms with Gasteiger partial charge >= 0.3 is 0 Å². The molecular weight excluding hydrogens is 186 g/mol. The van der Waals surface area contributed by atoms with Gasteiger partial charge in [-0.05, 0) is 13.8 Å².